The molecule has 0 spiro atoms. The molecule has 0 amide bonds. The molecular formula is C25H24ClN5O8. The summed E-state index contributed by atoms with van der Waals surface area (Å²) in [7, 11) is 0. The van der Waals surface area contributed by atoms with Crippen LogP contribution in [0.4, 0.5) is 5.82 Å². The van der Waals surface area contributed by atoms with E-state index in [0.717, 1.165) is 12.8 Å². The molecule has 0 unspecified atom stereocenters. The molecular weight excluding hydrogens is 534 g/mol. The average Bonchev–Trinajstić information content (AvgIpc) is 3.57. The summed E-state index contributed by atoms with van der Waals surface area (Å²) in [6.45, 7) is -0.781. The van der Waals surface area contributed by atoms with Crippen LogP contribution < -0.4 is 5.32 Å². The zero-order chi connectivity index (χ0) is 27.9. The summed E-state index contributed by atoms with van der Waals surface area (Å²) < 4.78 is 12.6. The minimum absolute atomic E-state index is 0.0967. The first-order valence-corrected chi connectivity index (χ1v) is 12.3. The molecule has 3 heterocycles. The zero-order valence-corrected chi connectivity index (χ0v) is 21.0. The summed E-state index contributed by atoms with van der Waals surface area (Å²) in [5.74, 6) is -1.06. The lowest BCUT2D eigenvalue weighted by Gasteiger charge is -2.30. The van der Waals surface area contributed by atoms with Crippen LogP contribution in [0.2, 0.25) is 5.28 Å². The number of carboxylic acids is 2. The van der Waals surface area contributed by atoms with Gasteiger partial charge in [0.25, 0.3) is 5.60 Å². The predicted octanol–water partition coefficient (Wildman–Crippen LogP) is 0.844. The van der Waals surface area contributed by atoms with E-state index in [1.807, 2.05) is 0 Å². The van der Waals surface area contributed by atoms with Gasteiger partial charge in [-0.2, -0.15) is 9.97 Å². The van der Waals surface area contributed by atoms with Crippen molar-refractivity contribution in [3.63, 3.8) is 0 Å². The summed E-state index contributed by atoms with van der Waals surface area (Å²) in [5, 5.41) is 45.1. The number of aliphatic hydroxyl groups excluding tert-OH is 1. The highest BCUT2D eigenvalue weighted by molar-refractivity contribution is 6.28. The fourth-order valence-electron chi connectivity index (χ4n) is 4.43. The first kappa shape index (κ1) is 26.8. The zero-order valence-electron chi connectivity index (χ0n) is 20.3. The molecule has 204 valence electrons. The Morgan fingerprint density at radius 3 is 2.56 bits per heavy atom. The number of rotatable bonds is 10. The number of halogens is 1. The van der Waals surface area contributed by atoms with Gasteiger partial charge >= 0.3 is 11.9 Å². The van der Waals surface area contributed by atoms with E-state index in [9.17, 15) is 30.0 Å². The van der Waals surface area contributed by atoms with Crippen LogP contribution >= 0.6 is 11.6 Å². The third kappa shape index (κ3) is 4.77. The Balaban J connectivity index is 1.44. The van der Waals surface area contributed by atoms with Gasteiger partial charge in [0.15, 0.2) is 28.8 Å². The molecule has 1 saturated heterocycles. The van der Waals surface area contributed by atoms with Gasteiger partial charge in [-0.1, -0.05) is 36.3 Å². The molecule has 0 bridgehead atoms. The molecule has 0 radical (unpaired) electrons. The fourth-order valence-corrected chi connectivity index (χ4v) is 4.60. The SMILES string of the molecule is C#C[C@@]1(O)[C@@H](COC(Cc2ccccc2)(C(=O)O)C(=O)O)O[C@@H](n2cnc3c(NC4CC4)nc(Cl)nc32)[C@@H]1O. The van der Waals surface area contributed by atoms with Gasteiger partial charge in [0.2, 0.25) is 5.28 Å². The van der Waals surface area contributed by atoms with Gasteiger partial charge < -0.3 is 35.2 Å². The highest BCUT2D eigenvalue weighted by Crippen LogP contribution is 2.40. The van der Waals surface area contributed by atoms with Gasteiger partial charge in [0.1, 0.15) is 12.2 Å². The first-order valence-electron chi connectivity index (χ1n) is 11.9. The van der Waals surface area contributed by atoms with Gasteiger partial charge in [-0.05, 0) is 30.0 Å². The molecule has 2 fully saturated rings. The van der Waals surface area contributed by atoms with Crippen molar-refractivity contribution in [2.24, 2.45) is 0 Å². The number of hydrogen-bond donors (Lipinski definition) is 5. The largest absolute Gasteiger partial charge is 0.479 e. The van der Waals surface area contributed by atoms with Crippen LogP contribution in [0.15, 0.2) is 36.7 Å². The molecule has 5 N–H and O–H groups in total. The maximum Gasteiger partial charge on any atom is 0.348 e. The van der Waals surface area contributed by atoms with E-state index >= 15 is 0 Å². The van der Waals surface area contributed by atoms with E-state index in [4.69, 9.17) is 27.5 Å². The maximum absolute atomic E-state index is 12.2. The van der Waals surface area contributed by atoms with Crippen molar-refractivity contribution in [2.45, 2.75) is 54.9 Å². The highest BCUT2D eigenvalue weighted by Gasteiger charge is 2.58. The summed E-state index contributed by atoms with van der Waals surface area (Å²) in [6, 6.07) is 8.27. The first-order chi connectivity index (χ1) is 18.6. The number of hydrogen-bond acceptors (Lipinski definition) is 10. The van der Waals surface area contributed by atoms with Crippen molar-refractivity contribution >= 4 is 40.5 Å². The number of carbonyl (C=O) groups is 2. The van der Waals surface area contributed by atoms with E-state index in [-0.39, 0.29) is 17.0 Å². The van der Waals surface area contributed by atoms with Crippen molar-refractivity contribution < 1.29 is 39.5 Å². The molecule has 1 saturated carbocycles. The maximum atomic E-state index is 12.2. The quantitative estimate of drug-likeness (QED) is 0.134. The third-order valence-corrected chi connectivity index (χ3v) is 6.97. The van der Waals surface area contributed by atoms with E-state index in [1.165, 1.54) is 10.9 Å². The Labute approximate surface area is 226 Å². The second-order valence-electron chi connectivity index (χ2n) is 9.42. The van der Waals surface area contributed by atoms with Crippen LogP contribution in [-0.2, 0) is 25.5 Å². The number of benzene rings is 1. The Hall–Kier alpha value is -3.80. The lowest BCUT2D eigenvalue weighted by atomic mass is 9.92. The molecule has 1 aromatic carbocycles. The van der Waals surface area contributed by atoms with Crippen molar-refractivity contribution in [1.82, 2.24) is 19.5 Å². The molecule has 39 heavy (non-hydrogen) atoms. The topological polar surface area (TPSA) is 189 Å². The monoisotopic (exact) mass is 557 g/mol. The van der Waals surface area contributed by atoms with E-state index in [0.29, 0.717) is 16.9 Å². The number of imidazole rings is 1. The molecule has 13 nitrogen and oxygen atoms in total. The molecule has 1 aliphatic carbocycles. The van der Waals surface area contributed by atoms with Crippen LogP contribution in [0, 0.1) is 12.3 Å². The summed E-state index contributed by atoms with van der Waals surface area (Å²) in [5.41, 5.74) is -4.21. The number of carboxylic acid groups (broad SMARTS) is 2. The molecule has 2 aliphatic rings. The van der Waals surface area contributed by atoms with Crippen LogP contribution in [0.25, 0.3) is 11.2 Å². The van der Waals surface area contributed by atoms with Gasteiger partial charge in [-0.15, -0.1) is 6.42 Å². The second kappa shape index (κ2) is 10.1. The van der Waals surface area contributed by atoms with Crippen LogP contribution in [0.1, 0.15) is 24.6 Å². The molecule has 1 aliphatic heterocycles. The molecule has 2 aromatic heterocycles. The van der Waals surface area contributed by atoms with Crippen molar-refractivity contribution in [2.75, 3.05) is 11.9 Å². The van der Waals surface area contributed by atoms with Crippen LogP contribution in [0.5, 0.6) is 0 Å². The predicted molar refractivity (Wildman–Crippen MR) is 135 cm³/mol. The molecule has 3 aromatic rings. The molecule has 14 heteroatoms. The van der Waals surface area contributed by atoms with Gasteiger partial charge in [-0.25, -0.2) is 14.6 Å². The summed E-state index contributed by atoms with van der Waals surface area (Å²) in [4.78, 5) is 37.0. The number of aromatic nitrogens is 4. The smallest absolute Gasteiger partial charge is 0.348 e. The number of fused-ring (bicyclic) bond motifs is 1. The third-order valence-electron chi connectivity index (χ3n) is 6.80. The van der Waals surface area contributed by atoms with Crippen molar-refractivity contribution in [3.05, 3.63) is 47.5 Å². The Kier molecular flexibility index (Phi) is 6.91. The lowest BCUT2D eigenvalue weighted by molar-refractivity contribution is -0.191. The van der Waals surface area contributed by atoms with Gasteiger partial charge in [0, 0.05) is 12.5 Å². The number of nitrogens with zero attached hydrogens (tertiary/aromatic N) is 4. The molecule has 4 atom stereocenters. The number of anilines is 1. The van der Waals surface area contributed by atoms with Gasteiger partial charge in [-0.3, -0.25) is 4.57 Å². The molecule has 5 rings (SSSR count). The van der Waals surface area contributed by atoms with Crippen LogP contribution in [0.3, 0.4) is 0 Å². The number of aliphatic carboxylic acids is 2. The number of aliphatic hydroxyl groups is 2. The van der Waals surface area contributed by atoms with E-state index in [2.05, 4.69) is 26.2 Å². The standard InChI is InChI=1S/C25H24ClN5O8/c1-2-24(37)15(11-38-25(21(33)34,22(35)36)10-13-6-4-3-5-7-13)39-20(17(24)32)31-12-27-16-18(28-14-8-9-14)29-23(26)30-19(16)31/h1,3-7,12,14-15,17,20,32,37H,8-11H2,(H,33,34)(H,35,36)(H,28,29,30)/t15-,17+,20-,24-/m1/s1. The fraction of sp³-hybridized carbons (Fsp3) is 0.400. The number of terminal acetylenes is 1. The van der Waals surface area contributed by atoms with Crippen molar-refractivity contribution in [1.29, 1.82) is 0 Å². The normalized spacial score (nSPS) is 24.9. The Bertz CT molecular complexity index is 1440. The van der Waals surface area contributed by atoms with E-state index in [1.54, 1.807) is 30.3 Å². The average molecular weight is 558 g/mol. The summed E-state index contributed by atoms with van der Waals surface area (Å²) >= 11 is 6.12. The Morgan fingerprint density at radius 2 is 1.95 bits per heavy atom. The van der Waals surface area contributed by atoms with Gasteiger partial charge in [0.05, 0.1) is 12.9 Å². The second-order valence-corrected chi connectivity index (χ2v) is 9.76. The number of nitrogens with one attached hydrogen (secondary N) is 1. The van der Waals surface area contributed by atoms with Crippen molar-refractivity contribution in [3.8, 4) is 12.3 Å². The number of ether oxygens (including phenoxy) is 2. The Morgan fingerprint density at radius 1 is 1.26 bits per heavy atom. The van der Waals surface area contributed by atoms with E-state index < -0.39 is 54.6 Å². The highest BCUT2D eigenvalue weighted by atomic mass is 35.5. The minimum Gasteiger partial charge on any atom is -0.479 e. The van der Waals surface area contributed by atoms with Crippen LogP contribution in [-0.4, -0.2) is 87.9 Å². The summed E-state index contributed by atoms with van der Waals surface area (Å²) in [6.07, 6.45) is 3.61. The lowest BCUT2D eigenvalue weighted by Crippen LogP contribution is -2.55. The minimum atomic E-state index is -2.73.